The Kier molecular flexibility index (Phi) is 8.51. The van der Waals surface area contributed by atoms with Crippen LogP contribution < -0.4 is 5.32 Å². The van der Waals surface area contributed by atoms with Gasteiger partial charge in [-0.3, -0.25) is 9.69 Å². The minimum atomic E-state index is -0.851. The third kappa shape index (κ3) is 5.42. The average Bonchev–Trinajstić information content (AvgIpc) is 3.19. The molecule has 2 bridgehead atoms. The fourth-order valence-corrected chi connectivity index (χ4v) is 6.98. The number of hydrogen-bond donors (Lipinski definition) is 2. The fourth-order valence-electron chi connectivity index (χ4n) is 6.98. The van der Waals surface area contributed by atoms with Gasteiger partial charge < -0.3 is 15.0 Å². The molecule has 6 nitrogen and oxygen atoms in total. The molecule has 3 heterocycles. The first-order valence-electron chi connectivity index (χ1n) is 13.4. The average molecular weight is 469 g/mol. The van der Waals surface area contributed by atoms with Crippen molar-refractivity contribution < 1.29 is 9.90 Å². The van der Waals surface area contributed by atoms with E-state index in [0.717, 1.165) is 29.9 Å². The Bertz CT molecular complexity index is 918. The van der Waals surface area contributed by atoms with Gasteiger partial charge in [0.1, 0.15) is 6.54 Å². The highest BCUT2D eigenvalue weighted by Gasteiger charge is 2.42. The van der Waals surface area contributed by atoms with Gasteiger partial charge in [-0.05, 0) is 50.7 Å². The number of rotatable bonds is 5. The summed E-state index contributed by atoms with van der Waals surface area (Å²) in [6, 6.07) is 10.7. The number of imidazole rings is 1. The van der Waals surface area contributed by atoms with Gasteiger partial charge in [0, 0.05) is 24.2 Å². The van der Waals surface area contributed by atoms with E-state index in [4.69, 9.17) is 4.98 Å². The molecule has 0 radical (unpaired) electrons. The highest BCUT2D eigenvalue weighted by atomic mass is 16.4. The smallest absolute Gasteiger partial charge is 0.322 e. The zero-order valence-corrected chi connectivity index (χ0v) is 19.9. The first-order chi connectivity index (χ1) is 16.2. The highest BCUT2D eigenvalue weighted by Crippen LogP contribution is 2.44. The topological polar surface area (TPSA) is 70.4 Å². The van der Waals surface area contributed by atoms with Crippen LogP contribution in [0.2, 0.25) is 0 Å². The van der Waals surface area contributed by atoms with Crippen LogP contribution in [-0.2, 0) is 4.79 Å². The van der Waals surface area contributed by atoms with Crippen LogP contribution in [0.15, 0.2) is 24.3 Å². The standard InChI is InChI=1S/C27H40N4O2.CH4/c32-26(33)19-28-27-29-24-15-8-9-16-25(24)31(27)23-17-21-13-10-14-22(18-23)30(21)20-11-6-4-2-1-3-5-7-12-20;/h8-9,15-16,20-23H,1-7,10-14,17-19H2,(H,28,29)(H,32,33);1H4/t21-,22+,23?;. The monoisotopic (exact) mass is 468 g/mol. The van der Waals surface area contributed by atoms with Crippen molar-refractivity contribution in [2.45, 2.75) is 121 Å². The number of aromatic nitrogens is 2. The second-order valence-electron chi connectivity index (χ2n) is 10.6. The Hall–Kier alpha value is -2.08. The summed E-state index contributed by atoms with van der Waals surface area (Å²) >= 11 is 0. The van der Waals surface area contributed by atoms with Crippen molar-refractivity contribution >= 4 is 23.0 Å². The van der Waals surface area contributed by atoms with Crippen molar-refractivity contribution in [1.29, 1.82) is 0 Å². The van der Waals surface area contributed by atoms with E-state index in [0.29, 0.717) is 24.1 Å². The molecule has 0 spiro atoms. The molecule has 3 atom stereocenters. The zero-order chi connectivity index (χ0) is 22.6. The molecule has 5 rings (SSSR count). The van der Waals surface area contributed by atoms with Crippen molar-refractivity contribution in [1.82, 2.24) is 14.5 Å². The summed E-state index contributed by atoms with van der Waals surface area (Å²) in [6.45, 7) is -0.100. The minimum Gasteiger partial charge on any atom is -0.480 e. The lowest BCUT2D eigenvalue weighted by atomic mass is 9.79. The number of nitrogens with zero attached hydrogens (tertiary/aromatic N) is 3. The van der Waals surface area contributed by atoms with Gasteiger partial charge >= 0.3 is 5.97 Å². The van der Waals surface area contributed by atoms with E-state index in [1.807, 2.05) is 12.1 Å². The number of carboxylic acids is 1. The number of anilines is 1. The van der Waals surface area contributed by atoms with E-state index >= 15 is 0 Å². The van der Waals surface area contributed by atoms with Crippen molar-refractivity contribution in [3.05, 3.63) is 24.3 Å². The van der Waals surface area contributed by atoms with Crippen LogP contribution in [0.4, 0.5) is 5.95 Å². The maximum absolute atomic E-state index is 11.2. The lowest BCUT2D eigenvalue weighted by molar-refractivity contribution is -0.134. The minimum absolute atomic E-state index is 0. The maximum atomic E-state index is 11.2. The molecule has 1 aromatic heterocycles. The van der Waals surface area contributed by atoms with Gasteiger partial charge in [-0.1, -0.05) is 70.9 Å². The molecule has 1 saturated carbocycles. The van der Waals surface area contributed by atoms with Crippen LogP contribution in [0.5, 0.6) is 0 Å². The summed E-state index contributed by atoms with van der Waals surface area (Å²) in [5.74, 6) is -0.134. The summed E-state index contributed by atoms with van der Waals surface area (Å²) in [7, 11) is 0. The van der Waals surface area contributed by atoms with E-state index in [2.05, 4.69) is 26.9 Å². The van der Waals surface area contributed by atoms with Crippen molar-refractivity contribution in [3.63, 3.8) is 0 Å². The molecule has 0 amide bonds. The Labute approximate surface area is 205 Å². The van der Waals surface area contributed by atoms with Crippen molar-refractivity contribution in [3.8, 4) is 0 Å². The van der Waals surface area contributed by atoms with Crippen LogP contribution >= 0.6 is 0 Å². The van der Waals surface area contributed by atoms with E-state index in [9.17, 15) is 9.90 Å². The molecule has 3 fully saturated rings. The summed E-state index contributed by atoms with van der Waals surface area (Å²) in [5, 5.41) is 12.3. The van der Waals surface area contributed by atoms with Gasteiger partial charge in [0.25, 0.3) is 0 Å². The first kappa shape index (κ1) is 25.0. The molecule has 34 heavy (non-hydrogen) atoms. The molecule has 1 aliphatic carbocycles. The van der Waals surface area contributed by atoms with Gasteiger partial charge in [0.2, 0.25) is 5.95 Å². The Morgan fingerprint density at radius 1 is 0.853 bits per heavy atom. The van der Waals surface area contributed by atoms with Crippen LogP contribution in [0.25, 0.3) is 11.0 Å². The molecule has 1 aromatic carbocycles. The number of nitrogens with one attached hydrogen (secondary N) is 1. The predicted octanol–water partition coefficient (Wildman–Crippen LogP) is 6.62. The van der Waals surface area contributed by atoms with Crippen molar-refractivity contribution in [2.75, 3.05) is 11.9 Å². The molecule has 3 aliphatic rings. The second-order valence-corrected chi connectivity index (χ2v) is 10.6. The molecule has 188 valence electrons. The quantitative estimate of drug-likeness (QED) is 0.516. The molecule has 2 aromatic rings. The third-order valence-electron chi connectivity index (χ3n) is 8.36. The van der Waals surface area contributed by atoms with Gasteiger partial charge in [-0.15, -0.1) is 0 Å². The van der Waals surface area contributed by atoms with Gasteiger partial charge in [0.15, 0.2) is 0 Å². The van der Waals surface area contributed by atoms with Crippen LogP contribution in [0, 0.1) is 0 Å². The second kappa shape index (κ2) is 11.6. The zero-order valence-electron chi connectivity index (χ0n) is 19.9. The lowest BCUT2D eigenvalue weighted by Crippen LogP contribution is -2.56. The Morgan fingerprint density at radius 2 is 1.44 bits per heavy atom. The highest BCUT2D eigenvalue weighted by molar-refractivity contribution is 5.80. The number of piperidine rings is 2. The van der Waals surface area contributed by atoms with E-state index in [-0.39, 0.29) is 14.0 Å². The normalized spacial score (nSPS) is 27.1. The number of fused-ring (bicyclic) bond motifs is 3. The molecule has 6 heteroatoms. The van der Waals surface area contributed by atoms with Gasteiger partial charge in [-0.2, -0.15) is 0 Å². The number of benzene rings is 1. The summed E-state index contributed by atoms with van der Waals surface area (Å²) in [5.41, 5.74) is 2.07. The Balaban J connectivity index is 0.00000274. The van der Waals surface area contributed by atoms with Gasteiger partial charge in [-0.25, -0.2) is 4.98 Å². The summed E-state index contributed by atoms with van der Waals surface area (Å²) in [4.78, 5) is 19.0. The molecular formula is C28H44N4O2. The first-order valence-corrected chi connectivity index (χ1v) is 13.4. The largest absolute Gasteiger partial charge is 0.480 e. The number of carboxylic acid groups (broad SMARTS) is 1. The molecule has 1 unspecified atom stereocenters. The van der Waals surface area contributed by atoms with E-state index in [1.165, 1.54) is 77.0 Å². The van der Waals surface area contributed by atoms with Crippen molar-refractivity contribution in [2.24, 2.45) is 0 Å². The summed E-state index contributed by atoms with van der Waals surface area (Å²) in [6.07, 6.45) is 18.8. The third-order valence-corrected chi connectivity index (χ3v) is 8.36. The predicted molar refractivity (Wildman–Crippen MR) is 139 cm³/mol. The van der Waals surface area contributed by atoms with Crippen LogP contribution in [-0.4, -0.2) is 50.2 Å². The van der Waals surface area contributed by atoms with Crippen LogP contribution in [0.3, 0.4) is 0 Å². The van der Waals surface area contributed by atoms with Gasteiger partial charge in [0.05, 0.1) is 11.0 Å². The number of aliphatic carboxylic acids is 1. The SMILES string of the molecule is C.O=C(O)CNc1nc2ccccc2n1C1C[C@H]2CCC[C@@H](C1)N2C1CCCCCCCCC1. The van der Waals surface area contributed by atoms with Crippen LogP contribution in [0.1, 0.15) is 103 Å². The van der Waals surface area contributed by atoms with E-state index < -0.39 is 5.97 Å². The maximum Gasteiger partial charge on any atom is 0.322 e. The molecule has 2 saturated heterocycles. The molecule has 2 aliphatic heterocycles. The lowest BCUT2D eigenvalue weighted by Gasteiger charge is -2.53. The number of carbonyl (C=O) groups is 1. The number of hydrogen-bond acceptors (Lipinski definition) is 4. The summed E-state index contributed by atoms with van der Waals surface area (Å²) < 4.78 is 2.33. The Morgan fingerprint density at radius 3 is 2.09 bits per heavy atom. The molecule has 2 N–H and O–H groups in total. The molecular weight excluding hydrogens is 424 g/mol. The fraction of sp³-hybridized carbons (Fsp3) is 0.714. The number of para-hydroxylation sites is 2. The van der Waals surface area contributed by atoms with E-state index in [1.54, 1.807) is 0 Å².